The highest BCUT2D eigenvalue weighted by molar-refractivity contribution is 6.33. The third kappa shape index (κ3) is 3.17. The fourth-order valence-electron chi connectivity index (χ4n) is 2.49. The van der Waals surface area contributed by atoms with E-state index in [1.807, 2.05) is 4.90 Å². The average Bonchev–Trinajstić information content (AvgIpc) is 2.38. The largest absolute Gasteiger partial charge is 0.417 e. The van der Waals surface area contributed by atoms with E-state index in [1.54, 1.807) is 0 Å². The van der Waals surface area contributed by atoms with Crippen LogP contribution in [0.25, 0.3) is 0 Å². The fraction of sp³-hybridized carbons (Fsp3) is 0.615. The molecular weight excluding hydrogens is 291 g/mol. The van der Waals surface area contributed by atoms with Gasteiger partial charge in [0, 0.05) is 25.3 Å². The van der Waals surface area contributed by atoms with E-state index in [9.17, 15) is 13.2 Å². The van der Waals surface area contributed by atoms with E-state index >= 15 is 0 Å². The summed E-state index contributed by atoms with van der Waals surface area (Å²) in [6.07, 6.45) is -1.88. The lowest BCUT2D eigenvalue weighted by molar-refractivity contribution is -0.137. The monoisotopic (exact) mass is 307 g/mol. The lowest BCUT2D eigenvalue weighted by atomic mass is 9.91. The highest BCUT2D eigenvalue weighted by Gasteiger charge is 2.33. The van der Waals surface area contributed by atoms with Crippen LogP contribution < -0.4 is 10.6 Å². The number of pyridine rings is 1. The molecule has 7 heteroatoms. The topological polar surface area (TPSA) is 42.2 Å². The second kappa shape index (κ2) is 5.77. The Morgan fingerprint density at radius 3 is 2.75 bits per heavy atom. The molecule has 0 amide bonds. The molecule has 1 aromatic rings. The molecule has 2 heterocycles. The Labute approximate surface area is 120 Å². The van der Waals surface area contributed by atoms with Crippen molar-refractivity contribution in [1.82, 2.24) is 4.98 Å². The van der Waals surface area contributed by atoms with Gasteiger partial charge in [0.05, 0.1) is 10.6 Å². The van der Waals surface area contributed by atoms with Crippen molar-refractivity contribution in [3.05, 3.63) is 22.8 Å². The van der Waals surface area contributed by atoms with Crippen molar-refractivity contribution in [2.75, 3.05) is 18.0 Å². The van der Waals surface area contributed by atoms with Gasteiger partial charge in [-0.2, -0.15) is 13.2 Å². The molecule has 1 aliphatic rings. The lowest BCUT2D eigenvalue weighted by Crippen LogP contribution is -2.47. The van der Waals surface area contributed by atoms with Gasteiger partial charge in [0.25, 0.3) is 0 Å². The van der Waals surface area contributed by atoms with E-state index in [0.717, 1.165) is 25.1 Å². The molecule has 112 valence electrons. The van der Waals surface area contributed by atoms with Crippen molar-refractivity contribution < 1.29 is 13.2 Å². The predicted molar refractivity (Wildman–Crippen MR) is 72.8 cm³/mol. The first-order valence-electron chi connectivity index (χ1n) is 6.56. The maximum Gasteiger partial charge on any atom is 0.417 e. The average molecular weight is 308 g/mol. The van der Waals surface area contributed by atoms with Crippen LogP contribution in [-0.4, -0.2) is 24.1 Å². The Bertz CT molecular complexity index is 478. The van der Waals surface area contributed by atoms with Crippen molar-refractivity contribution in [3.8, 4) is 0 Å². The second-order valence-electron chi connectivity index (χ2n) is 5.09. The molecule has 1 saturated heterocycles. The summed E-state index contributed by atoms with van der Waals surface area (Å²) >= 11 is 5.96. The number of halogens is 4. The summed E-state index contributed by atoms with van der Waals surface area (Å²) in [5.74, 6) is 0.717. The molecule has 0 radical (unpaired) electrons. The fourth-order valence-corrected chi connectivity index (χ4v) is 2.78. The molecule has 1 fully saturated rings. The highest BCUT2D eigenvalue weighted by Crippen LogP contribution is 2.34. The van der Waals surface area contributed by atoms with Crippen LogP contribution in [0.3, 0.4) is 0 Å². The number of alkyl halides is 3. The molecule has 0 bridgehead atoms. The van der Waals surface area contributed by atoms with E-state index in [4.69, 9.17) is 17.3 Å². The van der Waals surface area contributed by atoms with Gasteiger partial charge < -0.3 is 10.6 Å². The first kappa shape index (κ1) is 15.4. The third-order valence-corrected chi connectivity index (χ3v) is 4.04. The zero-order valence-electron chi connectivity index (χ0n) is 11.1. The number of anilines is 1. The maximum atomic E-state index is 12.6. The molecule has 0 aromatic carbocycles. The molecule has 1 aliphatic heterocycles. The first-order valence-corrected chi connectivity index (χ1v) is 6.94. The van der Waals surface area contributed by atoms with Crippen LogP contribution in [0.4, 0.5) is 19.0 Å². The molecule has 1 aromatic heterocycles. The van der Waals surface area contributed by atoms with Crippen LogP contribution in [0.15, 0.2) is 12.3 Å². The minimum Gasteiger partial charge on any atom is -0.355 e. The van der Waals surface area contributed by atoms with Gasteiger partial charge in [0.1, 0.15) is 5.82 Å². The summed E-state index contributed by atoms with van der Waals surface area (Å²) < 4.78 is 37.7. The molecule has 3 nitrogen and oxygen atoms in total. The molecule has 0 saturated carbocycles. The molecule has 20 heavy (non-hydrogen) atoms. The van der Waals surface area contributed by atoms with Gasteiger partial charge in [0.15, 0.2) is 0 Å². The predicted octanol–water partition coefficient (Wildman–Crippen LogP) is 3.32. The third-order valence-electron chi connectivity index (χ3n) is 3.77. The molecule has 2 atom stereocenters. The number of hydrogen-bond donors (Lipinski definition) is 1. The summed E-state index contributed by atoms with van der Waals surface area (Å²) in [7, 11) is 0. The van der Waals surface area contributed by atoms with Gasteiger partial charge >= 0.3 is 6.18 Å². The van der Waals surface area contributed by atoms with Crippen molar-refractivity contribution in [2.45, 2.75) is 32.0 Å². The normalized spacial score (nSPS) is 24.0. The number of piperidine rings is 1. The summed E-state index contributed by atoms with van der Waals surface area (Å²) in [5, 5.41) is 0.0325. The van der Waals surface area contributed by atoms with E-state index in [2.05, 4.69) is 11.9 Å². The van der Waals surface area contributed by atoms with Gasteiger partial charge in [-0.15, -0.1) is 0 Å². The smallest absolute Gasteiger partial charge is 0.355 e. The van der Waals surface area contributed by atoms with Crippen LogP contribution in [-0.2, 0) is 6.18 Å². The Hall–Kier alpha value is -1.01. The number of nitrogens with zero attached hydrogens (tertiary/aromatic N) is 2. The van der Waals surface area contributed by atoms with E-state index in [1.165, 1.54) is 0 Å². The minimum atomic E-state index is -4.43. The van der Waals surface area contributed by atoms with Crippen LogP contribution in [0.5, 0.6) is 0 Å². The van der Waals surface area contributed by atoms with Crippen molar-refractivity contribution in [3.63, 3.8) is 0 Å². The van der Waals surface area contributed by atoms with Crippen LogP contribution in [0.1, 0.15) is 25.3 Å². The standard InChI is InChI=1S/C13H17ClF3N3/c1-2-8-7-20(4-3-11(8)18)12-10(14)5-9(6-19-12)13(15,16)17/h5-6,8,11H,2-4,7,18H2,1H3. The number of aromatic nitrogens is 1. The highest BCUT2D eigenvalue weighted by atomic mass is 35.5. The van der Waals surface area contributed by atoms with Crippen LogP contribution in [0.2, 0.25) is 5.02 Å². The van der Waals surface area contributed by atoms with Crippen LogP contribution >= 0.6 is 11.6 Å². The molecule has 2 unspecified atom stereocenters. The molecule has 2 rings (SSSR count). The molecule has 0 spiro atoms. The lowest BCUT2D eigenvalue weighted by Gasteiger charge is -2.37. The van der Waals surface area contributed by atoms with E-state index < -0.39 is 11.7 Å². The zero-order chi connectivity index (χ0) is 14.9. The SMILES string of the molecule is CCC1CN(c2ncc(C(F)(F)F)cc2Cl)CCC1N. The Morgan fingerprint density at radius 2 is 2.20 bits per heavy atom. The maximum absolute atomic E-state index is 12.6. The van der Waals surface area contributed by atoms with Gasteiger partial charge in [-0.3, -0.25) is 0 Å². The van der Waals surface area contributed by atoms with E-state index in [-0.39, 0.29) is 11.1 Å². The summed E-state index contributed by atoms with van der Waals surface area (Å²) in [5.41, 5.74) is 5.19. The first-order chi connectivity index (χ1) is 9.32. The van der Waals surface area contributed by atoms with Gasteiger partial charge in [-0.1, -0.05) is 24.9 Å². The number of nitrogens with two attached hydrogens (primary N) is 1. The van der Waals surface area contributed by atoms with E-state index in [0.29, 0.717) is 24.8 Å². The van der Waals surface area contributed by atoms with Crippen molar-refractivity contribution >= 4 is 17.4 Å². The van der Waals surface area contributed by atoms with Gasteiger partial charge in [-0.05, 0) is 18.4 Å². The Kier molecular flexibility index (Phi) is 4.44. The zero-order valence-corrected chi connectivity index (χ0v) is 11.9. The summed E-state index contributed by atoms with van der Waals surface area (Å²) in [6, 6.07) is 1.06. The van der Waals surface area contributed by atoms with Gasteiger partial charge in [-0.25, -0.2) is 4.98 Å². The van der Waals surface area contributed by atoms with Crippen molar-refractivity contribution in [2.24, 2.45) is 11.7 Å². The minimum absolute atomic E-state index is 0.0325. The number of rotatable bonds is 2. The second-order valence-corrected chi connectivity index (χ2v) is 5.50. The van der Waals surface area contributed by atoms with Crippen molar-refractivity contribution in [1.29, 1.82) is 0 Å². The molecular formula is C13H17ClF3N3. The van der Waals surface area contributed by atoms with Crippen LogP contribution in [0, 0.1) is 5.92 Å². The van der Waals surface area contributed by atoms with Gasteiger partial charge in [0.2, 0.25) is 0 Å². The summed E-state index contributed by atoms with van der Waals surface area (Å²) in [4.78, 5) is 5.81. The molecule has 0 aliphatic carbocycles. The quantitative estimate of drug-likeness (QED) is 0.911. The number of hydrogen-bond acceptors (Lipinski definition) is 3. The summed E-state index contributed by atoms with van der Waals surface area (Å²) in [6.45, 7) is 3.39. The molecule has 2 N–H and O–H groups in total. The Morgan fingerprint density at radius 1 is 1.50 bits per heavy atom. The Balaban J connectivity index is 2.21.